The van der Waals surface area contributed by atoms with Crippen LogP contribution in [0.3, 0.4) is 0 Å². The molecule has 1 unspecified atom stereocenters. The van der Waals surface area contributed by atoms with Crippen molar-refractivity contribution in [2.45, 2.75) is 5.41 Å². The molecule has 0 saturated carbocycles. The summed E-state index contributed by atoms with van der Waals surface area (Å²) in [5.74, 6) is 0.716. The van der Waals surface area contributed by atoms with E-state index >= 15 is 0 Å². The van der Waals surface area contributed by atoms with Gasteiger partial charge in [0.25, 0.3) is 0 Å². The van der Waals surface area contributed by atoms with E-state index in [4.69, 9.17) is 9.97 Å². The normalized spacial score (nSPS) is 15.0. The van der Waals surface area contributed by atoms with Crippen molar-refractivity contribution in [3.8, 4) is 67.3 Å². The molecule has 0 amide bonds. The van der Waals surface area contributed by atoms with Crippen molar-refractivity contribution in [3.05, 3.63) is 204 Å². The fraction of sp³-hybridized carbons (Fsp3) is 0.0204. The maximum atomic E-state index is 5.26. The Bertz CT molecular complexity index is 2840. The van der Waals surface area contributed by atoms with Crippen molar-refractivity contribution in [1.29, 1.82) is 0 Å². The molecule has 242 valence electrons. The number of rotatable bonds is 4. The lowest BCUT2D eigenvalue weighted by Gasteiger charge is -2.29. The molecule has 1 spiro atoms. The standard InChI is InChI=1S/C49H30N2S/c1-3-13-31(14-4-1)32-23-25-34(26-24-32)48-50-43(33-15-5-2-6-16-33)30-44(51-48)35-27-28-42-39(29-35)36-17-7-10-20-40(36)49(42)41-21-11-8-18-37(41)46-38-19-9-12-22-45(38)52-47(46)49/h1-30H. The van der Waals surface area contributed by atoms with Gasteiger partial charge in [0.15, 0.2) is 5.82 Å². The molecule has 0 N–H and O–H groups in total. The molecule has 1 atom stereocenters. The summed E-state index contributed by atoms with van der Waals surface area (Å²) in [7, 11) is 0. The Morgan fingerprint density at radius 3 is 1.69 bits per heavy atom. The first-order valence-corrected chi connectivity index (χ1v) is 18.6. The smallest absolute Gasteiger partial charge is 0.160 e. The number of fused-ring (bicyclic) bond motifs is 12. The van der Waals surface area contributed by atoms with E-state index in [-0.39, 0.29) is 5.41 Å². The SMILES string of the molecule is c1ccc(-c2ccc(-c3nc(-c4ccccc4)cc(-c4ccc5c(c4)-c4ccccc4C54c5ccccc5-c5c4sc4ccccc54)n3)cc2)cc1. The van der Waals surface area contributed by atoms with Crippen molar-refractivity contribution in [1.82, 2.24) is 9.97 Å². The molecule has 2 aliphatic carbocycles. The highest BCUT2D eigenvalue weighted by Gasteiger charge is 2.53. The Morgan fingerprint density at radius 2 is 0.923 bits per heavy atom. The van der Waals surface area contributed by atoms with Crippen molar-refractivity contribution >= 4 is 21.4 Å². The Balaban J connectivity index is 1.11. The minimum Gasteiger partial charge on any atom is -0.228 e. The van der Waals surface area contributed by atoms with E-state index in [1.54, 1.807) is 0 Å². The van der Waals surface area contributed by atoms with Crippen LogP contribution in [0.2, 0.25) is 0 Å². The monoisotopic (exact) mass is 678 g/mol. The number of aromatic nitrogens is 2. The van der Waals surface area contributed by atoms with Crippen molar-refractivity contribution in [2.24, 2.45) is 0 Å². The molecule has 2 aliphatic rings. The first kappa shape index (κ1) is 29.3. The fourth-order valence-corrected chi connectivity index (χ4v) is 10.1. The van der Waals surface area contributed by atoms with Gasteiger partial charge in [-0.15, -0.1) is 11.3 Å². The zero-order chi connectivity index (χ0) is 34.2. The van der Waals surface area contributed by atoms with E-state index < -0.39 is 0 Å². The van der Waals surface area contributed by atoms with Crippen LogP contribution in [0.25, 0.3) is 77.4 Å². The van der Waals surface area contributed by atoms with Crippen molar-refractivity contribution < 1.29 is 0 Å². The molecule has 0 bridgehead atoms. The average Bonchev–Trinajstić information content (AvgIpc) is 3.85. The Kier molecular flexibility index (Phi) is 6.37. The van der Waals surface area contributed by atoms with E-state index in [9.17, 15) is 0 Å². The van der Waals surface area contributed by atoms with Gasteiger partial charge >= 0.3 is 0 Å². The zero-order valence-electron chi connectivity index (χ0n) is 28.1. The van der Waals surface area contributed by atoms with E-state index in [1.807, 2.05) is 23.5 Å². The highest BCUT2D eigenvalue weighted by molar-refractivity contribution is 7.20. The van der Waals surface area contributed by atoms with Gasteiger partial charge in [-0.2, -0.15) is 0 Å². The van der Waals surface area contributed by atoms with Crippen molar-refractivity contribution in [2.75, 3.05) is 0 Å². The van der Waals surface area contributed by atoms with E-state index in [1.165, 1.54) is 65.0 Å². The van der Waals surface area contributed by atoms with Crippen LogP contribution in [-0.2, 0) is 5.41 Å². The van der Waals surface area contributed by atoms with Crippen LogP contribution < -0.4 is 0 Å². The van der Waals surface area contributed by atoms with E-state index in [2.05, 4.69) is 170 Å². The van der Waals surface area contributed by atoms with Crippen LogP contribution in [0.5, 0.6) is 0 Å². The molecule has 2 nitrogen and oxygen atoms in total. The third-order valence-corrected chi connectivity index (χ3v) is 12.2. The fourth-order valence-electron chi connectivity index (χ4n) is 8.63. The second kappa shape index (κ2) is 11.3. The molecule has 2 heterocycles. The summed E-state index contributed by atoms with van der Waals surface area (Å²) in [5.41, 5.74) is 16.3. The summed E-state index contributed by atoms with van der Waals surface area (Å²) in [6, 6.07) is 65.6. The quantitative estimate of drug-likeness (QED) is 0.185. The molecule has 0 radical (unpaired) electrons. The maximum absolute atomic E-state index is 5.26. The molecule has 0 saturated heterocycles. The van der Waals surface area contributed by atoms with Crippen molar-refractivity contribution in [3.63, 3.8) is 0 Å². The van der Waals surface area contributed by atoms with Gasteiger partial charge in [0.1, 0.15) is 0 Å². The Morgan fingerprint density at radius 1 is 0.385 bits per heavy atom. The van der Waals surface area contributed by atoms with E-state index in [0.29, 0.717) is 5.82 Å². The topological polar surface area (TPSA) is 25.8 Å². The van der Waals surface area contributed by atoms with Gasteiger partial charge in [0.05, 0.1) is 16.8 Å². The largest absolute Gasteiger partial charge is 0.228 e. The lowest BCUT2D eigenvalue weighted by atomic mass is 9.74. The van der Waals surface area contributed by atoms with Gasteiger partial charge in [-0.1, -0.05) is 164 Å². The molecule has 0 aliphatic heterocycles. The summed E-state index contributed by atoms with van der Waals surface area (Å²) >= 11 is 1.94. The highest BCUT2D eigenvalue weighted by Crippen LogP contribution is 2.66. The number of nitrogens with zero attached hydrogens (tertiary/aromatic N) is 2. The second-order valence-corrected chi connectivity index (χ2v) is 14.7. The minimum atomic E-state index is -0.368. The lowest BCUT2D eigenvalue weighted by Crippen LogP contribution is -2.24. The zero-order valence-corrected chi connectivity index (χ0v) is 28.9. The Hall–Kier alpha value is -6.42. The van der Waals surface area contributed by atoms with Crippen LogP contribution in [0.4, 0.5) is 0 Å². The van der Waals surface area contributed by atoms with Crippen LogP contribution >= 0.6 is 11.3 Å². The number of thiophene rings is 1. The van der Waals surface area contributed by atoms with Crippen LogP contribution in [0.1, 0.15) is 21.6 Å². The third-order valence-electron chi connectivity index (χ3n) is 10.9. The predicted molar refractivity (Wildman–Crippen MR) is 215 cm³/mol. The Labute approximate surface area is 306 Å². The molecule has 7 aromatic carbocycles. The van der Waals surface area contributed by atoms with Gasteiger partial charge in [0.2, 0.25) is 0 Å². The molecular formula is C49H30N2S. The molecule has 11 rings (SSSR count). The van der Waals surface area contributed by atoms with Gasteiger partial charge in [-0.3, -0.25) is 0 Å². The van der Waals surface area contributed by atoms with Crippen LogP contribution in [-0.4, -0.2) is 9.97 Å². The molecule has 2 aromatic heterocycles. The maximum Gasteiger partial charge on any atom is 0.160 e. The molecule has 9 aromatic rings. The molecule has 0 fully saturated rings. The molecular weight excluding hydrogens is 649 g/mol. The average molecular weight is 679 g/mol. The first-order valence-electron chi connectivity index (χ1n) is 17.7. The third kappa shape index (κ3) is 4.17. The van der Waals surface area contributed by atoms with Gasteiger partial charge in [0, 0.05) is 37.2 Å². The summed E-state index contributed by atoms with van der Waals surface area (Å²) in [4.78, 5) is 11.8. The number of hydrogen-bond acceptors (Lipinski definition) is 3. The minimum absolute atomic E-state index is 0.368. The number of hydrogen-bond donors (Lipinski definition) is 0. The second-order valence-electron chi connectivity index (χ2n) is 13.7. The molecule has 52 heavy (non-hydrogen) atoms. The summed E-state index contributed by atoms with van der Waals surface area (Å²) in [6.07, 6.45) is 0. The summed E-state index contributed by atoms with van der Waals surface area (Å²) in [6.45, 7) is 0. The first-order chi connectivity index (χ1) is 25.8. The van der Waals surface area contributed by atoms with Crippen LogP contribution in [0.15, 0.2) is 182 Å². The molecule has 3 heteroatoms. The lowest BCUT2D eigenvalue weighted by molar-refractivity contribution is 0.812. The van der Waals surface area contributed by atoms with Gasteiger partial charge in [-0.05, 0) is 62.7 Å². The van der Waals surface area contributed by atoms with E-state index in [0.717, 1.165) is 28.1 Å². The summed E-state index contributed by atoms with van der Waals surface area (Å²) in [5, 5.41) is 1.34. The predicted octanol–water partition coefficient (Wildman–Crippen LogP) is 12.7. The summed E-state index contributed by atoms with van der Waals surface area (Å²) < 4.78 is 1.34. The highest BCUT2D eigenvalue weighted by atomic mass is 32.1. The van der Waals surface area contributed by atoms with Gasteiger partial charge in [-0.25, -0.2) is 9.97 Å². The van der Waals surface area contributed by atoms with Gasteiger partial charge < -0.3 is 0 Å². The van der Waals surface area contributed by atoms with Crippen LogP contribution in [0, 0.1) is 0 Å². The number of benzene rings is 7.